The first-order valence-electron chi connectivity index (χ1n) is 4.39. The Morgan fingerprint density at radius 2 is 2.23 bits per heavy atom. The summed E-state index contributed by atoms with van der Waals surface area (Å²) in [5, 5.41) is 2.69. The zero-order valence-electron chi connectivity index (χ0n) is 7.75. The summed E-state index contributed by atoms with van der Waals surface area (Å²) in [5.74, 6) is 2.16. The quantitative estimate of drug-likeness (QED) is 0.372. The summed E-state index contributed by atoms with van der Waals surface area (Å²) in [6.45, 7) is 1.26. The Labute approximate surface area is 79.0 Å². The van der Waals surface area contributed by atoms with Gasteiger partial charge in [0, 0.05) is 13.0 Å². The van der Waals surface area contributed by atoms with Gasteiger partial charge in [0.05, 0.1) is 6.04 Å². The SMILES string of the molecule is C#CCC(N)C(=O)NCCCCN. The smallest absolute Gasteiger partial charge is 0.237 e. The average molecular weight is 183 g/mol. The second-order valence-electron chi connectivity index (χ2n) is 2.80. The van der Waals surface area contributed by atoms with Gasteiger partial charge in [-0.3, -0.25) is 4.79 Å². The standard InChI is InChI=1S/C9H17N3O/c1-2-5-8(11)9(13)12-7-4-3-6-10/h1,8H,3-7,10-11H2,(H,12,13). The van der Waals surface area contributed by atoms with Crippen LogP contribution in [-0.2, 0) is 4.79 Å². The summed E-state index contributed by atoms with van der Waals surface area (Å²) in [6.07, 6.45) is 7.08. The summed E-state index contributed by atoms with van der Waals surface area (Å²) in [4.78, 5) is 11.1. The van der Waals surface area contributed by atoms with Crippen LogP contribution in [0.15, 0.2) is 0 Å². The van der Waals surface area contributed by atoms with Crippen LogP contribution in [0, 0.1) is 12.3 Å². The molecule has 0 heterocycles. The van der Waals surface area contributed by atoms with Crippen molar-refractivity contribution in [2.45, 2.75) is 25.3 Å². The number of amides is 1. The number of unbranched alkanes of at least 4 members (excludes halogenated alkanes) is 1. The number of carbonyl (C=O) groups excluding carboxylic acids is 1. The van der Waals surface area contributed by atoms with Gasteiger partial charge in [-0.1, -0.05) is 0 Å². The predicted molar refractivity (Wildman–Crippen MR) is 52.7 cm³/mol. The zero-order chi connectivity index (χ0) is 10.1. The summed E-state index contributed by atoms with van der Waals surface area (Å²) in [5.41, 5.74) is 10.8. The Hall–Kier alpha value is -1.05. The zero-order valence-corrected chi connectivity index (χ0v) is 7.75. The first-order chi connectivity index (χ1) is 6.22. The van der Waals surface area contributed by atoms with Crippen LogP contribution in [0.2, 0.25) is 0 Å². The third kappa shape index (κ3) is 6.14. The van der Waals surface area contributed by atoms with E-state index < -0.39 is 6.04 Å². The van der Waals surface area contributed by atoms with E-state index in [1.165, 1.54) is 0 Å². The van der Waals surface area contributed by atoms with Gasteiger partial charge in [-0.05, 0) is 19.4 Å². The third-order valence-electron chi connectivity index (χ3n) is 1.60. The van der Waals surface area contributed by atoms with Crippen LogP contribution in [0.4, 0.5) is 0 Å². The highest BCUT2D eigenvalue weighted by Crippen LogP contribution is 1.87. The summed E-state index contributed by atoms with van der Waals surface area (Å²) in [7, 11) is 0. The Balaban J connectivity index is 3.45. The average Bonchev–Trinajstić information content (AvgIpc) is 2.12. The molecule has 4 nitrogen and oxygen atoms in total. The Morgan fingerprint density at radius 1 is 1.54 bits per heavy atom. The number of hydrogen-bond donors (Lipinski definition) is 3. The molecule has 0 bridgehead atoms. The van der Waals surface area contributed by atoms with E-state index in [1.54, 1.807) is 0 Å². The van der Waals surface area contributed by atoms with Gasteiger partial charge >= 0.3 is 0 Å². The fourth-order valence-corrected chi connectivity index (χ4v) is 0.832. The molecule has 0 fully saturated rings. The second-order valence-corrected chi connectivity index (χ2v) is 2.80. The minimum Gasteiger partial charge on any atom is -0.355 e. The van der Waals surface area contributed by atoms with Crippen molar-refractivity contribution in [3.63, 3.8) is 0 Å². The molecule has 0 aromatic rings. The number of carbonyl (C=O) groups is 1. The van der Waals surface area contributed by atoms with Crippen molar-refractivity contribution in [2.24, 2.45) is 11.5 Å². The van der Waals surface area contributed by atoms with Gasteiger partial charge < -0.3 is 16.8 Å². The van der Waals surface area contributed by atoms with E-state index in [0.717, 1.165) is 12.8 Å². The van der Waals surface area contributed by atoms with E-state index in [4.69, 9.17) is 17.9 Å². The van der Waals surface area contributed by atoms with Crippen molar-refractivity contribution in [3.05, 3.63) is 0 Å². The third-order valence-corrected chi connectivity index (χ3v) is 1.60. The molecule has 0 saturated heterocycles. The minimum atomic E-state index is -0.581. The van der Waals surface area contributed by atoms with Crippen molar-refractivity contribution < 1.29 is 4.79 Å². The van der Waals surface area contributed by atoms with Crippen LogP contribution < -0.4 is 16.8 Å². The number of nitrogens with two attached hydrogens (primary N) is 2. The molecule has 1 unspecified atom stereocenters. The lowest BCUT2D eigenvalue weighted by molar-refractivity contribution is -0.122. The molecule has 0 radical (unpaired) electrons. The number of hydrogen-bond acceptors (Lipinski definition) is 3. The maximum absolute atomic E-state index is 11.1. The van der Waals surface area contributed by atoms with E-state index in [1.807, 2.05) is 0 Å². The van der Waals surface area contributed by atoms with Crippen molar-refractivity contribution >= 4 is 5.91 Å². The van der Waals surface area contributed by atoms with Crippen molar-refractivity contribution in [1.29, 1.82) is 0 Å². The van der Waals surface area contributed by atoms with E-state index in [-0.39, 0.29) is 12.3 Å². The van der Waals surface area contributed by atoms with E-state index in [9.17, 15) is 4.79 Å². The molecular formula is C9H17N3O. The molecule has 0 spiro atoms. The van der Waals surface area contributed by atoms with Gasteiger partial charge in [-0.15, -0.1) is 12.3 Å². The number of nitrogens with one attached hydrogen (secondary N) is 1. The maximum atomic E-state index is 11.1. The van der Waals surface area contributed by atoms with Crippen molar-refractivity contribution in [1.82, 2.24) is 5.32 Å². The molecule has 0 aliphatic carbocycles. The minimum absolute atomic E-state index is 0.185. The van der Waals surface area contributed by atoms with Gasteiger partial charge in [0.25, 0.3) is 0 Å². The van der Waals surface area contributed by atoms with Gasteiger partial charge in [-0.25, -0.2) is 0 Å². The van der Waals surface area contributed by atoms with Crippen LogP contribution in [-0.4, -0.2) is 25.0 Å². The molecule has 0 saturated carbocycles. The van der Waals surface area contributed by atoms with E-state index >= 15 is 0 Å². The summed E-state index contributed by atoms with van der Waals surface area (Å²) in [6, 6.07) is -0.581. The molecule has 0 aliphatic rings. The molecule has 1 amide bonds. The molecule has 0 aromatic heterocycles. The lowest BCUT2D eigenvalue weighted by Gasteiger charge is -2.08. The molecule has 13 heavy (non-hydrogen) atoms. The maximum Gasteiger partial charge on any atom is 0.237 e. The van der Waals surface area contributed by atoms with Gasteiger partial charge in [0.2, 0.25) is 5.91 Å². The lowest BCUT2D eigenvalue weighted by atomic mass is 10.2. The van der Waals surface area contributed by atoms with E-state index in [2.05, 4.69) is 11.2 Å². The first kappa shape index (κ1) is 11.9. The van der Waals surface area contributed by atoms with Crippen LogP contribution in [0.5, 0.6) is 0 Å². The number of terminal acetylenes is 1. The highest BCUT2D eigenvalue weighted by atomic mass is 16.2. The Kier molecular flexibility index (Phi) is 6.98. The normalized spacial score (nSPS) is 11.8. The molecular weight excluding hydrogens is 166 g/mol. The van der Waals surface area contributed by atoms with Crippen LogP contribution in [0.25, 0.3) is 0 Å². The van der Waals surface area contributed by atoms with Crippen molar-refractivity contribution in [3.8, 4) is 12.3 Å². The lowest BCUT2D eigenvalue weighted by Crippen LogP contribution is -2.40. The van der Waals surface area contributed by atoms with Crippen molar-refractivity contribution in [2.75, 3.05) is 13.1 Å². The molecule has 4 heteroatoms. The fraction of sp³-hybridized carbons (Fsp3) is 0.667. The molecule has 1 atom stereocenters. The number of rotatable bonds is 6. The second kappa shape index (κ2) is 7.59. The summed E-state index contributed by atoms with van der Waals surface area (Å²) < 4.78 is 0. The van der Waals surface area contributed by atoms with Crippen LogP contribution in [0.1, 0.15) is 19.3 Å². The van der Waals surface area contributed by atoms with Gasteiger partial charge in [0.15, 0.2) is 0 Å². The molecule has 0 rings (SSSR count). The largest absolute Gasteiger partial charge is 0.355 e. The highest BCUT2D eigenvalue weighted by Gasteiger charge is 2.10. The monoisotopic (exact) mass is 183 g/mol. The first-order valence-corrected chi connectivity index (χ1v) is 4.39. The van der Waals surface area contributed by atoms with Crippen LogP contribution >= 0.6 is 0 Å². The van der Waals surface area contributed by atoms with Crippen LogP contribution in [0.3, 0.4) is 0 Å². The molecule has 74 valence electrons. The van der Waals surface area contributed by atoms with E-state index in [0.29, 0.717) is 13.1 Å². The topological polar surface area (TPSA) is 81.1 Å². The molecule has 0 aliphatic heterocycles. The Bertz CT molecular complexity index is 186. The molecule has 0 aromatic carbocycles. The predicted octanol–water partition coefficient (Wildman–Crippen LogP) is -0.808. The summed E-state index contributed by atoms with van der Waals surface area (Å²) >= 11 is 0. The highest BCUT2D eigenvalue weighted by molar-refractivity contribution is 5.81. The van der Waals surface area contributed by atoms with Gasteiger partial charge in [-0.2, -0.15) is 0 Å². The Morgan fingerprint density at radius 3 is 2.77 bits per heavy atom. The van der Waals surface area contributed by atoms with Gasteiger partial charge in [0.1, 0.15) is 0 Å². The molecule has 5 N–H and O–H groups in total. The fourth-order valence-electron chi connectivity index (χ4n) is 0.832.